The highest BCUT2D eigenvalue weighted by atomic mass is 35.5. The van der Waals surface area contributed by atoms with Gasteiger partial charge in [-0.3, -0.25) is 0 Å². The van der Waals surface area contributed by atoms with Crippen molar-refractivity contribution in [2.24, 2.45) is 0 Å². The van der Waals surface area contributed by atoms with E-state index in [2.05, 4.69) is 0 Å². The zero-order chi connectivity index (χ0) is 10.6. The fraction of sp³-hybridized carbons (Fsp3) is 0.333. The Morgan fingerprint density at radius 2 is 2.07 bits per heavy atom. The Labute approximate surface area is 87.4 Å². The van der Waals surface area contributed by atoms with E-state index in [9.17, 15) is 0 Å². The van der Waals surface area contributed by atoms with Gasteiger partial charge in [-0.1, -0.05) is 11.6 Å². The molecule has 0 saturated carbocycles. The molecule has 0 aliphatic carbocycles. The summed E-state index contributed by atoms with van der Waals surface area (Å²) in [6.45, 7) is 0.228. The number of rotatable bonds is 4. The van der Waals surface area contributed by atoms with Gasteiger partial charge in [0.25, 0.3) is 0 Å². The standard InChI is InChI=1S/C9H12ClNO3/c1-13-6-3-8(10)7(5-11-12)9(4-6)14-2/h3-4,11-12H,5H2,1-2H3. The highest BCUT2D eigenvalue weighted by molar-refractivity contribution is 6.31. The molecule has 0 amide bonds. The average Bonchev–Trinajstić information content (AvgIpc) is 2.20. The molecule has 0 aromatic heterocycles. The summed E-state index contributed by atoms with van der Waals surface area (Å²) in [4.78, 5) is 0. The van der Waals surface area contributed by atoms with Gasteiger partial charge in [0.1, 0.15) is 11.5 Å². The monoisotopic (exact) mass is 217 g/mol. The summed E-state index contributed by atoms with van der Waals surface area (Å²) in [6.07, 6.45) is 0. The number of benzene rings is 1. The molecule has 1 aromatic rings. The maximum atomic E-state index is 8.60. The lowest BCUT2D eigenvalue weighted by Gasteiger charge is -2.11. The maximum absolute atomic E-state index is 8.60. The second-order valence-corrected chi connectivity index (χ2v) is 3.03. The second kappa shape index (κ2) is 5.05. The molecule has 0 saturated heterocycles. The minimum atomic E-state index is 0.228. The largest absolute Gasteiger partial charge is 0.497 e. The number of hydroxylamine groups is 1. The van der Waals surface area contributed by atoms with Crippen molar-refractivity contribution in [1.82, 2.24) is 5.48 Å². The molecular formula is C9H12ClNO3. The van der Waals surface area contributed by atoms with Gasteiger partial charge in [0.05, 0.1) is 25.8 Å². The smallest absolute Gasteiger partial charge is 0.128 e. The summed E-state index contributed by atoms with van der Waals surface area (Å²) in [7, 11) is 3.08. The molecule has 2 N–H and O–H groups in total. The Kier molecular flexibility index (Phi) is 4.00. The van der Waals surface area contributed by atoms with E-state index in [0.29, 0.717) is 22.1 Å². The van der Waals surface area contributed by atoms with E-state index in [1.165, 1.54) is 7.11 Å². The van der Waals surface area contributed by atoms with Crippen molar-refractivity contribution in [3.05, 3.63) is 22.7 Å². The number of nitrogens with one attached hydrogen (secondary N) is 1. The fourth-order valence-corrected chi connectivity index (χ4v) is 1.41. The average molecular weight is 218 g/mol. The molecule has 0 aliphatic heterocycles. The molecule has 0 bridgehead atoms. The lowest BCUT2D eigenvalue weighted by atomic mass is 10.2. The van der Waals surface area contributed by atoms with Crippen LogP contribution in [0, 0.1) is 0 Å². The van der Waals surface area contributed by atoms with Crippen LogP contribution < -0.4 is 15.0 Å². The fourth-order valence-electron chi connectivity index (χ4n) is 1.14. The van der Waals surface area contributed by atoms with Crippen molar-refractivity contribution in [1.29, 1.82) is 0 Å². The van der Waals surface area contributed by atoms with Gasteiger partial charge < -0.3 is 14.7 Å². The molecule has 1 aromatic carbocycles. The molecule has 0 spiro atoms. The van der Waals surface area contributed by atoms with Crippen LogP contribution in [0.3, 0.4) is 0 Å². The first-order valence-electron chi connectivity index (χ1n) is 4.00. The Balaban J connectivity index is 3.13. The van der Waals surface area contributed by atoms with Gasteiger partial charge in [0.15, 0.2) is 0 Å². The van der Waals surface area contributed by atoms with E-state index in [-0.39, 0.29) is 6.54 Å². The van der Waals surface area contributed by atoms with Gasteiger partial charge in [-0.05, 0) is 6.07 Å². The lowest BCUT2D eigenvalue weighted by molar-refractivity contribution is 0.160. The molecule has 0 unspecified atom stereocenters. The van der Waals surface area contributed by atoms with Crippen LogP contribution in [0.4, 0.5) is 0 Å². The van der Waals surface area contributed by atoms with E-state index in [0.717, 1.165) is 0 Å². The molecule has 0 fully saturated rings. The summed E-state index contributed by atoms with van der Waals surface area (Å²) in [6, 6.07) is 3.37. The molecule has 14 heavy (non-hydrogen) atoms. The quantitative estimate of drug-likeness (QED) is 0.756. The third kappa shape index (κ3) is 2.29. The molecule has 0 radical (unpaired) electrons. The Bertz CT molecular complexity index is 317. The molecule has 1 rings (SSSR count). The zero-order valence-electron chi connectivity index (χ0n) is 8.00. The number of ether oxygens (including phenoxy) is 2. The van der Waals surface area contributed by atoms with Crippen molar-refractivity contribution in [2.75, 3.05) is 14.2 Å². The van der Waals surface area contributed by atoms with Crippen molar-refractivity contribution >= 4 is 11.6 Å². The van der Waals surface area contributed by atoms with E-state index >= 15 is 0 Å². The number of hydrogen-bond acceptors (Lipinski definition) is 4. The summed E-state index contributed by atoms with van der Waals surface area (Å²) < 4.78 is 10.1. The highest BCUT2D eigenvalue weighted by Gasteiger charge is 2.09. The van der Waals surface area contributed by atoms with Crippen LogP contribution in [0.25, 0.3) is 0 Å². The summed E-state index contributed by atoms with van der Waals surface area (Å²) >= 11 is 5.96. The maximum Gasteiger partial charge on any atom is 0.128 e. The zero-order valence-corrected chi connectivity index (χ0v) is 8.76. The molecule has 78 valence electrons. The predicted octanol–water partition coefficient (Wildman–Crippen LogP) is 1.84. The molecule has 4 nitrogen and oxygen atoms in total. The van der Waals surface area contributed by atoms with Crippen molar-refractivity contribution in [3.8, 4) is 11.5 Å². The van der Waals surface area contributed by atoms with Crippen LogP contribution >= 0.6 is 11.6 Å². The highest BCUT2D eigenvalue weighted by Crippen LogP contribution is 2.31. The minimum Gasteiger partial charge on any atom is -0.497 e. The second-order valence-electron chi connectivity index (χ2n) is 2.62. The van der Waals surface area contributed by atoms with Gasteiger partial charge >= 0.3 is 0 Å². The van der Waals surface area contributed by atoms with E-state index in [1.807, 2.05) is 5.48 Å². The van der Waals surface area contributed by atoms with Crippen LogP contribution in [0.1, 0.15) is 5.56 Å². The molecular weight excluding hydrogens is 206 g/mol. The first kappa shape index (κ1) is 11.1. The topological polar surface area (TPSA) is 50.7 Å². The van der Waals surface area contributed by atoms with E-state index in [4.69, 9.17) is 26.3 Å². The van der Waals surface area contributed by atoms with Gasteiger partial charge in [-0.15, -0.1) is 0 Å². The molecule has 5 heteroatoms. The molecule has 0 atom stereocenters. The minimum absolute atomic E-state index is 0.228. The van der Waals surface area contributed by atoms with Crippen LogP contribution in [0.15, 0.2) is 12.1 Å². The van der Waals surface area contributed by atoms with Gasteiger partial charge in [0.2, 0.25) is 0 Å². The Morgan fingerprint density at radius 3 is 2.57 bits per heavy atom. The molecule has 0 aliphatic rings. The van der Waals surface area contributed by atoms with Crippen molar-refractivity contribution in [3.63, 3.8) is 0 Å². The third-order valence-electron chi connectivity index (χ3n) is 1.84. The van der Waals surface area contributed by atoms with E-state index < -0.39 is 0 Å². The number of halogens is 1. The normalized spacial score (nSPS) is 10.0. The van der Waals surface area contributed by atoms with Crippen molar-refractivity contribution < 1.29 is 14.7 Å². The predicted molar refractivity (Wildman–Crippen MR) is 53.2 cm³/mol. The lowest BCUT2D eigenvalue weighted by Crippen LogP contribution is -2.08. The summed E-state index contributed by atoms with van der Waals surface area (Å²) in [5, 5.41) is 9.08. The van der Waals surface area contributed by atoms with Crippen LogP contribution in [0.5, 0.6) is 11.5 Å². The Morgan fingerprint density at radius 1 is 1.36 bits per heavy atom. The summed E-state index contributed by atoms with van der Waals surface area (Å²) in [5.74, 6) is 1.20. The van der Waals surface area contributed by atoms with Gasteiger partial charge in [-0.25, -0.2) is 5.48 Å². The SMILES string of the molecule is COc1cc(Cl)c(CNO)c(OC)c1. The Hall–Kier alpha value is -0.970. The van der Waals surface area contributed by atoms with Gasteiger partial charge in [-0.2, -0.15) is 0 Å². The summed E-state index contributed by atoms with van der Waals surface area (Å²) in [5.41, 5.74) is 2.72. The molecule has 0 heterocycles. The van der Waals surface area contributed by atoms with E-state index in [1.54, 1.807) is 19.2 Å². The number of methoxy groups -OCH3 is 2. The third-order valence-corrected chi connectivity index (χ3v) is 2.18. The van der Waals surface area contributed by atoms with Crippen LogP contribution in [-0.2, 0) is 6.54 Å². The number of hydrogen-bond donors (Lipinski definition) is 2. The van der Waals surface area contributed by atoms with Crippen molar-refractivity contribution in [2.45, 2.75) is 6.54 Å². The first-order valence-corrected chi connectivity index (χ1v) is 4.38. The van der Waals surface area contributed by atoms with Crippen LogP contribution in [0.2, 0.25) is 5.02 Å². The van der Waals surface area contributed by atoms with Gasteiger partial charge in [0, 0.05) is 11.6 Å². The first-order chi connectivity index (χ1) is 6.72. The van der Waals surface area contributed by atoms with Crippen LogP contribution in [-0.4, -0.2) is 19.4 Å².